The Labute approximate surface area is 95.9 Å². The van der Waals surface area contributed by atoms with Gasteiger partial charge in [-0.1, -0.05) is 6.07 Å². The standard InChI is InChI=1S/C11H16N2O.ClH/c1-13-8-10(2-3-11(13)14)9-4-6-12-7-5-9;/h2-3,8-9,12H,4-7H2,1H3;1H. The fraction of sp³-hybridized carbons (Fsp3) is 0.545. The number of rotatable bonds is 1. The van der Waals surface area contributed by atoms with Gasteiger partial charge in [0.25, 0.3) is 0 Å². The minimum Gasteiger partial charge on any atom is -0.318 e. The smallest absolute Gasteiger partial charge is 0.250 e. The Morgan fingerprint density at radius 1 is 1.33 bits per heavy atom. The molecule has 0 atom stereocenters. The van der Waals surface area contributed by atoms with Crippen molar-refractivity contribution in [3.05, 3.63) is 34.2 Å². The van der Waals surface area contributed by atoms with Gasteiger partial charge in [-0.15, -0.1) is 12.4 Å². The van der Waals surface area contributed by atoms with E-state index in [0.29, 0.717) is 5.92 Å². The Bertz CT molecular complexity index is 369. The van der Waals surface area contributed by atoms with Gasteiger partial charge in [-0.2, -0.15) is 0 Å². The van der Waals surface area contributed by atoms with Crippen molar-refractivity contribution >= 4 is 12.4 Å². The minimum absolute atomic E-state index is 0. The van der Waals surface area contributed by atoms with Gasteiger partial charge < -0.3 is 9.88 Å². The maximum atomic E-state index is 11.2. The first-order valence-corrected chi connectivity index (χ1v) is 5.14. The summed E-state index contributed by atoms with van der Waals surface area (Å²) in [7, 11) is 1.81. The van der Waals surface area contributed by atoms with Crippen LogP contribution in [-0.4, -0.2) is 17.7 Å². The summed E-state index contributed by atoms with van der Waals surface area (Å²) in [5, 5.41) is 3.34. The Morgan fingerprint density at radius 2 is 2.00 bits per heavy atom. The Hall–Kier alpha value is -0.800. The van der Waals surface area contributed by atoms with Gasteiger partial charge in [-0.3, -0.25) is 4.79 Å². The lowest BCUT2D eigenvalue weighted by atomic mass is 9.91. The molecule has 2 rings (SSSR count). The van der Waals surface area contributed by atoms with Crippen LogP contribution in [0.3, 0.4) is 0 Å². The summed E-state index contributed by atoms with van der Waals surface area (Å²) in [4.78, 5) is 11.2. The maximum Gasteiger partial charge on any atom is 0.250 e. The second kappa shape index (κ2) is 5.33. The van der Waals surface area contributed by atoms with E-state index < -0.39 is 0 Å². The third kappa shape index (κ3) is 2.83. The van der Waals surface area contributed by atoms with Crippen LogP contribution in [-0.2, 0) is 7.05 Å². The lowest BCUT2D eigenvalue weighted by Gasteiger charge is -2.23. The molecule has 2 heterocycles. The monoisotopic (exact) mass is 228 g/mol. The van der Waals surface area contributed by atoms with Gasteiger partial charge in [0.15, 0.2) is 0 Å². The molecular weight excluding hydrogens is 212 g/mol. The van der Waals surface area contributed by atoms with Gasteiger partial charge in [-0.25, -0.2) is 0 Å². The van der Waals surface area contributed by atoms with Crippen molar-refractivity contribution in [3.8, 4) is 0 Å². The lowest BCUT2D eigenvalue weighted by molar-refractivity contribution is 0.458. The highest BCUT2D eigenvalue weighted by molar-refractivity contribution is 5.85. The number of hydrogen-bond donors (Lipinski definition) is 1. The first-order valence-electron chi connectivity index (χ1n) is 5.14. The van der Waals surface area contributed by atoms with E-state index in [0.717, 1.165) is 13.1 Å². The van der Waals surface area contributed by atoms with Crippen LogP contribution in [0.15, 0.2) is 23.1 Å². The number of aryl methyl sites for hydroxylation is 1. The Kier molecular flexibility index (Phi) is 4.36. The second-order valence-corrected chi connectivity index (χ2v) is 3.94. The van der Waals surface area contributed by atoms with Gasteiger partial charge in [0.2, 0.25) is 5.56 Å². The SMILES string of the molecule is Cl.Cn1cc(C2CCNCC2)ccc1=O. The molecule has 0 spiro atoms. The molecule has 1 aliphatic heterocycles. The Morgan fingerprint density at radius 3 is 2.60 bits per heavy atom. The molecule has 3 nitrogen and oxygen atoms in total. The molecule has 0 aliphatic carbocycles. The van der Waals surface area contributed by atoms with Crippen LogP contribution < -0.4 is 10.9 Å². The molecule has 0 radical (unpaired) electrons. The van der Waals surface area contributed by atoms with Crippen LogP contribution in [0.5, 0.6) is 0 Å². The van der Waals surface area contributed by atoms with Crippen molar-refractivity contribution in [3.63, 3.8) is 0 Å². The van der Waals surface area contributed by atoms with Crippen LogP contribution >= 0.6 is 12.4 Å². The molecule has 1 saturated heterocycles. The summed E-state index contributed by atoms with van der Waals surface area (Å²) in [6.07, 6.45) is 4.33. The molecule has 0 saturated carbocycles. The summed E-state index contributed by atoms with van der Waals surface area (Å²) in [5.41, 5.74) is 1.37. The highest BCUT2D eigenvalue weighted by Gasteiger charge is 2.15. The molecule has 1 N–H and O–H groups in total. The summed E-state index contributed by atoms with van der Waals surface area (Å²) in [6, 6.07) is 3.63. The molecule has 0 aromatic carbocycles. The third-order valence-corrected chi connectivity index (χ3v) is 2.92. The van der Waals surface area contributed by atoms with Crippen LogP contribution in [0.2, 0.25) is 0 Å². The average Bonchev–Trinajstić information content (AvgIpc) is 2.23. The Balaban J connectivity index is 0.00000112. The largest absolute Gasteiger partial charge is 0.318 e. The number of pyridine rings is 1. The molecule has 0 bridgehead atoms. The molecular formula is C11H17ClN2O. The highest BCUT2D eigenvalue weighted by Crippen LogP contribution is 2.23. The number of halogens is 1. The predicted octanol–water partition coefficient (Wildman–Crippen LogP) is 1.27. The van der Waals surface area contributed by atoms with Crippen LogP contribution in [0.25, 0.3) is 0 Å². The maximum absolute atomic E-state index is 11.2. The van der Waals surface area contributed by atoms with Crippen molar-refractivity contribution in [2.75, 3.05) is 13.1 Å². The zero-order valence-electron chi connectivity index (χ0n) is 8.90. The topological polar surface area (TPSA) is 34.0 Å². The number of nitrogens with one attached hydrogen (secondary N) is 1. The summed E-state index contributed by atoms with van der Waals surface area (Å²) in [5.74, 6) is 0.628. The van der Waals surface area contributed by atoms with Crippen LogP contribution in [0, 0.1) is 0 Å². The number of aromatic nitrogens is 1. The molecule has 84 valence electrons. The number of nitrogens with zero attached hydrogens (tertiary/aromatic N) is 1. The highest BCUT2D eigenvalue weighted by atomic mass is 35.5. The second-order valence-electron chi connectivity index (χ2n) is 3.94. The van der Waals surface area contributed by atoms with Gasteiger partial charge in [0, 0.05) is 19.3 Å². The number of hydrogen-bond acceptors (Lipinski definition) is 2. The molecule has 0 amide bonds. The van der Waals surface area contributed by atoms with E-state index in [4.69, 9.17) is 0 Å². The molecule has 1 aromatic heterocycles. The van der Waals surface area contributed by atoms with Crippen molar-refractivity contribution < 1.29 is 0 Å². The molecule has 1 aromatic rings. The third-order valence-electron chi connectivity index (χ3n) is 2.92. The first-order chi connectivity index (χ1) is 6.77. The summed E-state index contributed by atoms with van der Waals surface area (Å²) in [6.45, 7) is 2.18. The van der Waals surface area contributed by atoms with E-state index in [1.165, 1.54) is 18.4 Å². The average molecular weight is 229 g/mol. The van der Waals surface area contributed by atoms with Gasteiger partial charge in [-0.05, 0) is 37.4 Å². The predicted molar refractivity (Wildman–Crippen MR) is 63.8 cm³/mol. The molecule has 1 fully saturated rings. The zero-order valence-corrected chi connectivity index (χ0v) is 9.72. The lowest BCUT2D eigenvalue weighted by Crippen LogP contribution is -2.27. The molecule has 15 heavy (non-hydrogen) atoms. The normalized spacial score (nSPS) is 17.1. The van der Waals surface area contributed by atoms with Crippen molar-refractivity contribution in [1.82, 2.24) is 9.88 Å². The summed E-state index contributed by atoms with van der Waals surface area (Å²) >= 11 is 0. The van der Waals surface area contributed by atoms with Crippen LogP contribution in [0.1, 0.15) is 24.3 Å². The van der Waals surface area contributed by atoms with E-state index in [1.54, 1.807) is 10.6 Å². The molecule has 1 aliphatic rings. The van der Waals surface area contributed by atoms with Gasteiger partial charge >= 0.3 is 0 Å². The summed E-state index contributed by atoms with van der Waals surface area (Å²) < 4.78 is 1.66. The quantitative estimate of drug-likeness (QED) is 0.786. The van der Waals surface area contributed by atoms with E-state index in [-0.39, 0.29) is 18.0 Å². The number of piperidine rings is 1. The zero-order chi connectivity index (χ0) is 9.97. The minimum atomic E-state index is 0. The van der Waals surface area contributed by atoms with Gasteiger partial charge in [0.1, 0.15) is 0 Å². The van der Waals surface area contributed by atoms with E-state index >= 15 is 0 Å². The molecule has 0 unspecified atom stereocenters. The van der Waals surface area contributed by atoms with Crippen molar-refractivity contribution in [1.29, 1.82) is 0 Å². The van der Waals surface area contributed by atoms with Crippen molar-refractivity contribution in [2.45, 2.75) is 18.8 Å². The van der Waals surface area contributed by atoms with Crippen molar-refractivity contribution in [2.24, 2.45) is 7.05 Å². The van der Waals surface area contributed by atoms with Crippen LogP contribution in [0.4, 0.5) is 0 Å². The van der Waals surface area contributed by atoms with E-state index in [1.807, 2.05) is 19.3 Å². The van der Waals surface area contributed by atoms with Gasteiger partial charge in [0.05, 0.1) is 0 Å². The fourth-order valence-electron chi connectivity index (χ4n) is 2.01. The van der Waals surface area contributed by atoms with E-state index in [9.17, 15) is 4.79 Å². The first kappa shape index (κ1) is 12.3. The fourth-order valence-corrected chi connectivity index (χ4v) is 2.01. The molecule has 4 heteroatoms. The van der Waals surface area contributed by atoms with E-state index in [2.05, 4.69) is 5.32 Å².